The molecule has 0 aliphatic rings. The fraction of sp³-hybridized carbons (Fsp3) is 0.200. The molecule has 0 radical (unpaired) electrons. The molecule has 0 bridgehead atoms. The van der Waals surface area contributed by atoms with Gasteiger partial charge in [0.1, 0.15) is 0 Å². The summed E-state index contributed by atoms with van der Waals surface area (Å²) in [6.07, 6.45) is 0.366. The van der Waals surface area contributed by atoms with Crippen molar-refractivity contribution in [2.45, 2.75) is 13.0 Å². The number of rotatable bonds is 3. The Hall–Kier alpha value is -1.93. The van der Waals surface area contributed by atoms with Gasteiger partial charge in [0.15, 0.2) is 0 Å². The van der Waals surface area contributed by atoms with Gasteiger partial charge in [0.2, 0.25) is 5.82 Å². The third-order valence-corrected chi connectivity index (χ3v) is 2.19. The maximum absolute atomic E-state index is 8.43. The minimum Gasteiger partial charge on any atom is -0.198 e. The van der Waals surface area contributed by atoms with E-state index in [1.54, 1.807) is 12.1 Å². The Balaban J connectivity index is 2.22. The number of hydrogen-bond acceptors (Lipinski definition) is 4. The van der Waals surface area contributed by atoms with E-state index in [0.717, 1.165) is 5.56 Å². The first-order chi connectivity index (χ1) is 7.79. The molecule has 0 spiro atoms. The summed E-state index contributed by atoms with van der Waals surface area (Å²) in [6, 6.07) is 9.26. The number of benzene rings is 1. The van der Waals surface area contributed by atoms with E-state index in [1.165, 1.54) is 4.80 Å². The molecule has 6 heteroatoms. The lowest BCUT2D eigenvalue weighted by molar-refractivity contribution is 0.531. The van der Waals surface area contributed by atoms with E-state index in [4.69, 9.17) is 16.9 Å². The summed E-state index contributed by atoms with van der Waals surface area (Å²) >= 11 is 5.86. The fourth-order valence-corrected chi connectivity index (χ4v) is 1.42. The Morgan fingerprint density at radius 3 is 3.06 bits per heavy atom. The summed E-state index contributed by atoms with van der Waals surface area (Å²) in [5.74, 6) is 0.514. The van der Waals surface area contributed by atoms with Gasteiger partial charge in [0, 0.05) is 10.6 Å². The standard InChI is InChI=1S/C10H8ClN5/c11-9-4-1-3-8(7-9)10-13-15-16(14-10)6-2-5-12/h1,3-4,7H,2,6H2. The van der Waals surface area contributed by atoms with Crippen LogP contribution in [-0.2, 0) is 6.54 Å². The molecule has 0 saturated carbocycles. The molecule has 1 heterocycles. The molecule has 0 fully saturated rings. The van der Waals surface area contributed by atoms with Crippen molar-refractivity contribution in [1.29, 1.82) is 5.26 Å². The normalized spacial score (nSPS) is 10.0. The quantitative estimate of drug-likeness (QED) is 0.812. The lowest BCUT2D eigenvalue weighted by atomic mass is 10.2. The van der Waals surface area contributed by atoms with Crippen molar-refractivity contribution in [1.82, 2.24) is 20.2 Å². The van der Waals surface area contributed by atoms with Gasteiger partial charge in [-0.25, -0.2) is 0 Å². The Kier molecular flexibility index (Phi) is 3.13. The largest absolute Gasteiger partial charge is 0.204 e. The van der Waals surface area contributed by atoms with Crippen molar-refractivity contribution in [2.24, 2.45) is 0 Å². The van der Waals surface area contributed by atoms with Gasteiger partial charge in [-0.15, -0.1) is 10.2 Å². The molecular weight excluding hydrogens is 226 g/mol. The van der Waals surface area contributed by atoms with Gasteiger partial charge in [0.25, 0.3) is 0 Å². The Labute approximate surface area is 97.3 Å². The van der Waals surface area contributed by atoms with E-state index in [0.29, 0.717) is 23.8 Å². The van der Waals surface area contributed by atoms with Gasteiger partial charge in [0.05, 0.1) is 19.0 Å². The van der Waals surface area contributed by atoms with Crippen LogP contribution in [0.1, 0.15) is 6.42 Å². The third-order valence-electron chi connectivity index (χ3n) is 1.96. The molecule has 2 aromatic rings. The first kappa shape index (κ1) is 10.6. The lowest BCUT2D eigenvalue weighted by Crippen LogP contribution is -2.01. The van der Waals surface area contributed by atoms with Crippen molar-refractivity contribution in [3.8, 4) is 17.5 Å². The van der Waals surface area contributed by atoms with Gasteiger partial charge in [-0.05, 0) is 17.3 Å². The van der Waals surface area contributed by atoms with Gasteiger partial charge in [-0.2, -0.15) is 10.1 Å². The van der Waals surface area contributed by atoms with Crippen molar-refractivity contribution in [2.75, 3.05) is 0 Å². The van der Waals surface area contributed by atoms with E-state index in [2.05, 4.69) is 15.4 Å². The topological polar surface area (TPSA) is 67.4 Å². The highest BCUT2D eigenvalue weighted by molar-refractivity contribution is 6.30. The lowest BCUT2D eigenvalue weighted by Gasteiger charge is -1.94. The molecule has 0 amide bonds. The van der Waals surface area contributed by atoms with Gasteiger partial charge < -0.3 is 0 Å². The molecule has 0 N–H and O–H groups in total. The smallest absolute Gasteiger partial charge is 0.198 e. The predicted octanol–water partition coefficient (Wildman–Crippen LogP) is 1.91. The fourth-order valence-electron chi connectivity index (χ4n) is 1.23. The zero-order valence-corrected chi connectivity index (χ0v) is 9.09. The maximum atomic E-state index is 8.43. The van der Waals surface area contributed by atoms with E-state index in [1.807, 2.05) is 18.2 Å². The monoisotopic (exact) mass is 233 g/mol. The van der Waals surface area contributed by atoms with Gasteiger partial charge in [-0.1, -0.05) is 23.7 Å². The summed E-state index contributed by atoms with van der Waals surface area (Å²) < 4.78 is 0. The highest BCUT2D eigenvalue weighted by Gasteiger charge is 2.05. The van der Waals surface area contributed by atoms with Crippen LogP contribution >= 0.6 is 11.6 Å². The highest BCUT2D eigenvalue weighted by atomic mass is 35.5. The predicted molar refractivity (Wildman–Crippen MR) is 58.5 cm³/mol. The van der Waals surface area contributed by atoms with Crippen molar-refractivity contribution in [3.05, 3.63) is 29.3 Å². The zero-order valence-electron chi connectivity index (χ0n) is 8.34. The number of aryl methyl sites for hydroxylation is 1. The van der Waals surface area contributed by atoms with Crippen molar-refractivity contribution in [3.63, 3.8) is 0 Å². The Morgan fingerprint density at radius 2 is 2.31 bits per heavy atom. The van der Waals surface area contributed by atoms with Crippen LogP contribution in [0.2, 0.25) is 5.02 Å². The molecule has 2 rings (SSSR count). The first-order valence-electron chi connectivity index (χ1n) is 4.70. The molecule has 0 aliphatic carbocycles. The third kappa shape index (κ3) is 2.35. The molecule has 0 aliphatic heterocycles. The number of aromatic nitrogens is 4. The van der Waals surface area contributed by atoms with Crippen LogP contribution in [-0.4, -0.2) is 20.2 Å². The molecule has 0 atom stereocenters. The molecular formula is C10H8ClN5. The highest BCUT2D eigenvalue weighted by Crippen LogP contribution is 2.18. The first-order valence-corrected chi connectivity index (χ1v) is 5.08. The molecule has 0 unspecified atom stereocenters. The second-order valence-corrected chi connectivity index (χ2v) is 3.56. The average Bonchev–Trinajstić information content (AvgIpc) is 2.75. The summed E-state index contributed by atoms with van der Waals surface area (Å²) in [5, 5.41) is 20.9. The Bertz CT molecular complexity index is 528. The second-order valence-electron chi connectivity index (χ2n) is 3.13. The summed E-state index contributed by atoms with van der Waals surface area (Å²) in [4.78, 5) is 1.40. The van der Waals surface area contributed by atoms with E-state index >= 15 is 0 Å². The van der Waals surface area contributed by atoms with Crippen LogP contribution in [0, 0.1) is 11.3 Å². The maximum Gasteiger partial charge on any atom is 0.204 e. The SMILES string of the molecule is N#CCCn1nnc(-c2cccc(Cl)c2)n1. The second kappa shape index (κ2) is 4.73. The minimum atomic E-state index is 0.366. The van der Waals surface area contributed by atoms with Crippen LogP contribution in [0.4, 0.5) is 0 Å². The molecule has 80 valence electrons. The van der Waals surface area contributed by atoms with Crippen LogP contribution in [0.25, 0.3) is 11.4 Å². The van der Waals surface area contributed by atoms with Crippen LogP contribution in [0.5, 0.6) is 0 Å². The van der Waals surface area contributed by atoms with Crippen molar-refractivity contribution < 1.29 is 0 Å². The number of nitrogens with zero attached hydrogens (tertiary/aromatic N) is 5. The average molecular weight is 234 g/mol. The Morgan fingerprint density at radius 1 is 1.44 bits per heavy atom. The van der Waals surface area contributed by atoms with Gasteiger partial charge >= 0.3 is 0 Å². The van der Waals surface area contributed by atoms with E-state index in [-0.39, 0.29) is 0 Å². The van der Waals surface area contributed by atoms with E-state index in [9.17, 15) is 0 Å². The van der Waals surface area contributed by atoms with Crippen LogP contribution in [0.15, 0.2) is 24.3 Å². The zero-order chi connectivity index (χ0) is 11.4. The van der Waals surface area contributed by atoms with Crippen molar-refractivity contribution >= 4 is 11.6 Å². The summed E-state index contributed by atoms with van der Waals surface area (Å²) in [5.41, 5.74) is 0.815. The summed E-state index contributed by atoms with van der Waals surface area (Å²) in [7, 11) is 0. The number of halogens is 1. The van der Waals surface area contributed by atoms with Crippen LogP contribution in [0.3, 0.4) is 0 Å². The molecule has 0 saturated heterocycles. The van der Waals surface area contributed by atoms with Crippen LogP contribution < -0.4 is 0 Å². The molecule has 5 nitrogen and oxygen atoms in total. The van der Waals surface area contributed by atoms with Gasteiger partial charge in [-0.3, -0.25) is 0 Å². The minimum absolute atomic E-state index is 0.366. The summed E-state index contributed by atoms with van der Waals surface area (Å²) in [6.45, 7) is 0.448. The molecule has 1 aromatic heterocycles. The molecule has 16 heavy (non-hydrogen) atoms. The number of tetrazole rings is 1. The molecule has 1 aromatic carbocycles. The van der Waals surface area contributed by atoms with E-state index < -0.39 is 0 Å². The number of hydrogen-bond donors (Lipinski definition) is 0. The number of nitriles is 1.